The second-order valence-corrected chi connectivity index (χ2v) is 10.0. The van der Waals surface area contributed by atoms with Crippen molar-refractivity contribution in [1.29, 1.82) is 0 Å². The SMILES string of the molecule is C1=CC[C]([Zr][C]2=CC=CC2)=C1.Cl.Cl.[CH3][AlH][O][AlH2]. The Morgan fingerprint density at radius 3 is 1.76 bits per heavy atom. The first-order valence-corrected chi connectivity index (χ1v) is 10.6. The maximum atomic E-state index is 4.82. The maximum Gasteiger partial charge on any atom is 0.401 e. The smallest absolute Gasteiger partial charge is 0.401 e. The monoisotopic (exact) mass is 380 g/mol. The molecule has 2 aliphatic carbocycles. The van der Waals surface area contributed by atoms with Crippen LogP contribution in [0, 0.1) is 0 Å². The van der Waals surface area contributed by atoms with Gasteiger partial charge in [-0.1, -0.05) is 5.79 Å². The molecule has 0 N–H and O–H groups in total. The fraction of sp³-hybridized carbons (Fsp3) is 0.273. The predicted octanol–water partition coefficient (Wildman–Crippen LogP) is 2.55. The Morgan fingerprint density at radius 1 is 1.12 bits per heavy atom. The van der Waals surface area contributed by atoms with E-state index in [0.29, 0.717) is 0 Å². The fourth-order valence-corrected chi connectivity index (χ4v) is 4.26. The minimum Gasteiger partial charge on any atom is -0.645 e. The van der Waals surface area contributed by atoms with Crippen LogP contribution in [-0.2, 0) is 26.1 Å². The van der Waals surface area contributed by atoms with Crippen LogP contribution in [0.4, 0.5) is 0 Å². The molecule has 0 saturated carbocycles. The zero-order valence-electron chi connectivity index (χ0n) is 10.3. The van der Waals surface area contributed by atoms with E-state index in [1.165, 1.54) is 12.8 Å². The van der Waals surface area contributed by atoms with Gasteiger partial charge in [0.05, 0.1) is 0 Å². The number of allylic oxidation sites excluding steroid dienone is 8. The molecular formula is C11H18Al2Cl2OZr. The molecule has 0 aromatic carbocycles. The summed E-state index contributed by atoms with van der Waals surface area (Å²) in [6.45, 7) is 0. The Morgan fingerprint density at radius 2 is 1.53 bits per heavy atom. The Balaban J connectivity index is 0. The quantitative estimate of drug-likeness (QED) is 0.682. The fourth-order valence-electron chi connectivity index (χ4n) is 1.29. The first-order valence-electron chi connectivity index (χ1n) is 5.34. The second-order valence-electron chi connectivity index (χ2n) is 3.35. The standard InChI is InChI=1S/2C5H5.CH3.2Al.2ClH.O.Zr.3H/c2*1-2-4-5-3-1;;;;;;;;;;/h2*1-3H,4H2;1H3;;;2*1H;;;;;. The molecule has 0 saturated heterocycles. The molecule has 6 heteroatoms. The molecule has 17 heavy (non-hydrogen) atoms. The van der Waals surface area contributed by atoms with Crippen molar-refractivity contribution in [2.45, 2.75) is 18.6 Å². The molecule has 0 heterocycles. The van der Waals surface area contributed by atoms with E-state index in [9.17, 15) is 0 Å². The average molecular weight is 382 g/mol. The molecule has 2 aliphatic rings. The number of hydrogen-bond donors (Lipinski definition) is 0. The van der Waals surface area contributed by atoms with E-state index in [1.54, 1.807) is 6.56 Å². The van der Waals surface area contributed by atoms with Crippen LogP contribution in [0.3, 0.4) is 0 Å². The van der Waals surface area contributed by atoms with Gasteiger partial charge in [-0.15, -0.1) is 24.8 Å². The van der Waals surface area contributed by atoms with Gasteiger partial charge in [0.1, 0.15) is 0 Å². The molecule has 0 fully saturated rings. The summed E-state index contributed by atoms with van der Waals surface area (Å²) in [5.74, 6) is 2.13. The van der Waals surface area contributed by atoms with Crippen molar-refractivity contribution in [1.82, 2.24) is 0 Å². The van der Waals surface area contributed by atoms with Gasteiger partial charge in [-0.25, -0.2) is 0 Å². The van der Waals surface area contributed by atoms with Gasteiger partial charge >= 0.3 is 111 Å². The van der Waals surface area contributed by atoms with E-state index in [2.05, 4.69) is 42.2 Å². The average Bonchev–Trinajstić information content (AvgIpc) is 2.92. The summed E-state index contributed by atoms with van der Waals surface area (Å²) in [6, 6.07) is 0. The van der Waals surface area contributed by atoms with E-state index >= 15 is 0 Å². The molecule has 0 spiro atoms. The number of halogens is 2. The third-order valence-electron chi connectivity index (χ3n) is 2.15. The van der Waals surface area contributed by atoms with Gasteiger partial charge in [-0.2, -0.15) is 0 Å². The van der Waals surface area contributed by atoms with Crippen molar-refractivity contribution < 1.29 is 26.1 Å². The topological polar surface area (TPSA) is 9.23 Å². The van der Waals surface area contributed by atoms with Crippen molar-refractivity contribution in [2.75, 3.05) is 0 Å². The Bertz CT molecular complexity index is 285. The zero-order chi connectivity index (χ0) is 10.9. The molecule has 0 atom stereocenters. The van der Waals surface area contributed by atoms with Gasteiger partial charge in [0.25, 0.3) is 0 Å². The van der Waals surface area contributed by atoms with Crippen molar-refractivity contribution >= 4 is 57.0 Å². The molecule has 92 valence electrons. The summed E-state index contributed by atoms with van der Waals surface area (Å²) in [7, 11) is 0. The summed E-state index contributed by atoms with van der Waals surface area (Å²) < 4.78 is 8.27. The summed E-state index contributed by atoms with van der Waals surface area (Å²) in [5.41, 5.74) is 0. The Hall–Kier alpha value is 1.45. The van der Waals surface area contributed by atoms with Gasteiger partial charge in [-0.05, 0) is 0 Å². The van der Waals surface area contributed by atoms with Crippen molar-refractivity contribution in [2.24, 2.45) is 0 Å². The van der Waals surface area contributed by atoms with Crippen molar-refractivity contribution in [3.8, 4) is 0 Å². The number of rotatable bonds is 3. The molecule has 0 amide bonds. The third-order valence-corrected chi connectivity index (χ3v) is 7.86. The van der Waals surface area contributed by atoms with Gasteiger partial charge in [0, 0.05) is 0 Å². The van der Waals surface area contributed by atoms with Crippen molar-refractivity contribution in [3.63, 3.8) is 0 Å². The zero-order valence-corrected chi connectivity index (χ0v) is 17.8. The molecule has 2 rings (SSSR count). The van der Waals surface area contributed by atoms with Crippen molar-refractivity contribution in [3.05, 3.63) is 43.0 Å². The van der Waals surface area contributed by atoms with E-state index in [0.717, 1.165) is 16.6 Å². The van der Waals surface area contributed by atoms with E-state index in [1.807, 2.05) is 0 Å². The summed E-state index contributed by atoms with van der Waals surface area (Å²) in [6.07, 6.45) is 16.0. The van der Waals surface area contributed by atoms with E-state index in [-0.39, 0.29) is 63.6 Å². The maximum absolute atomic E-state index is 4.82. The normalized spacial score (nSPS) is 14.6. The molecule has 0 unspecified atom stereocenters. The summed E-state index contributed by atoms with van der Waals surface area (Å²) >= 11 is 0.626. The van der Waals surface area contributed by atoms with Crippen LogP contribution in [0.1, 0.15) is 12.8 Å². The summed E-state index contributed by atoms with van der Waals surface area (Å²) in [5, 5.41) is 0. The molecule has 0 bridgehead atoms. The van der Waals surface area contributed by atoms with Gasteiger partial charge in [0.15, 0.2) is 0 Å². The Labute approximate surface area is 143 Å². The number of hydrogen-bond acceptors (Lipinski definition) is 1. The van der Waals surface area contributed by atoms with Crippen LogP contribution in [0.25, 0.3) is 0 Å². The van der Waals surface area contributed by atoms with Crippen LogP contribution >= 0.6 is 24.8 Å². The van der Waals surface area contributed by atoms with Crippen LogP contribution in [0.15, 0.2) is 43.0 Å². The van der Waals surface area contributed by atoms with E-state index < -0.39 is 0 Å². The van der Waals surface area contributed by atoms with E-state index in [4.69, 9.17) is 2.84 Å². The first-order chi connectivity index (χ1) is 7.36. The minimum atomic E-state index is -0.312. The third kappa shape index (κ3) is 9.96. The van der Waals surface area contributed by atoms with Gasteiger partial charge in [-0.3, -0.25) is 0 Å². The van der Waals surface area contributed by atoms with Gasteiger partial charge in [0.2, 0.25) is 0 Å². The largest absolute Gasteiger partial charge is 0.645 e. The first kappa shape index (κ1) is 20.8. The molecule has 0 aromatic rings. The van der Waals surface area contributed by atoms with Crippen LogP contribution in [0.2, 0.25) is 5.79 Å². The Kier molecular flexibility index (Phi) is 16.9. The van der Waals surface area contributed by atoms with Gasteiger partial charge < -0.3 is 2.84 Å². The molecule has 0 aliphatic heterocycles. The molecule has 0 radical (unpaired) electrons. The molecule has 0 aromatic heterocycles. The van der Waals surface area contributed by atoms with Crippen LogP contribution < -0.4 is 0 Å². The molecular weight excluding hydrogens is 364 g/mol. The van der Waals surface area contributed by atoms with Crippen LogP contribution in [0.5, 0.6) is 0 Å². The second kappa shape index (κ2) is 13.9. The van der Waals surface area contributed by atoms with Crippen LogP contribution in [-0.4, -0.2) is 32.2 Å². The minimum absolute atomic E-state index is 0. The molecule has 1 nitrogen and oxygen atoms in total. The predicted molar refractivity (Wildman–Crippen MR) is 80.8 cm³/mol. The summed E-state index contributed by atoms with van der Waals surface area (Å²) in [4.78, 5) is 0.